The van der Waals surface area contributed by atoms with Gasteiger partial charge in [-0.15, -0.1) is 0 Å². The molecule has 1 aliphatic rings. The van der Waals surface area contributed by atoms with Crippen molar-refractivity contribution in [2.24, 2.45) is 22.4 Å². The van der Waals surface area contributed by atoms with Gasteiger partial charge in [0.2, 0.25) is 11.8 Å². The monoisotopic (exact) mass is 275 g/mol. The van der Waals surface area contributed by atoms with Crippen molar-refractivity contribution < 1.29 is 14.0 Å². The molecule has 1 aromatic heterocycles. The molecule has 0 radical (unpaired) electrons. The predicted molar refractivity (Wildman–Crippen MR) is 73.9 cm³/mol. The molecular weight excluding hydrogens is 258 g/mol. The van der Waals surface area contributed by atoms with Crippen LogP contribution < -0.4 is 11.5 Å². The predicted octanol–water partition coefficient (Wildman–Crippen LogP) is 1.01. The van der Waals surface area contributed by atoms with Gasteiger partial charge < -0.3 is 15.9 Å². The third kappa shape index (κ3) is 2.24. The number of hydrogen-bond acceptors (Lipinski definition) is 4. The fraction of sp³-hybridized carbons (Fsp3) is 0.357. The molecule has 1 unspecified atom stereocenters. The molecule has 0 saturated carbocycles. The number of carbonyl (C=O) groups excluding carboxylic acids is 2. The maximum atomic E-state index is 11.8. The minimum absolute atomic E-state index is 0.272. The van der Waals surface area contributed by atoms with E-state index in [2.05, 4.69) is 4.99 Å². The van der Waals surface area contributed by atoms with E-state index in [4.69, 9.17) is 15.9 Å². The van der Waals surface area contributed by atoms with Gasteiger partial charge >= 0.3 is 0 Å². The molecule has 0 spiro atoms. The van der Waals surface area contributed by atoms with Crippen molar-refractivity contribution >= 4 is 17.5 Å². The molecule has 2 heterocycles. The number of rotatable bonds is 3. The maximum Gasteiger partial charge on any atom is 0.247 e. The second-order valence-electron chi connectivity index (χ2n) is 4.92. The van der Waals surface area contributed by atoms with Gasteiger partial charge in [0.1, 0.15) is 11.5 Å². The van der Waals surface area contributed by atoms with Crippen LogP contribution in [0.1, 0.15) is 31.3 Å². The zero-order chi connectivity index (χ0) is 15.0. The molecule has 0 aliphatic carbocycles. The van der Waals surface area contributed by atoms with Crippen molar-refractivity contribution in [2.45, 2.75) is 26.7 Å². The number of hydrogen-bond donors (Lipinski definition) is 2. The Hall–Kier alpha value is -2.37. The minimum atomic E-state index is -0.730. The first kappa shape index (κ1) is 14.0. The smallest absolute Gasteiger partial charge is 0.247 e. The van der Waals surface area contributed by atoms with Gasteiger partial charge in [-0.25, -0.2) is 0 Å². The van der Waals surface area contributed by atoms with E-state index in [0.29, 0.717) is 22.9 Å². The number of nitrogens with zero attached hydrogens (tertiary/aromatic N) is 1. The van der Waals surface area contributed by atoms with Crippen LogP contribution >= 0.6 is 0 Å². The van der Waals surface area contributed by atoms with Crippen molar-refractivity contribution in [2.75, 3.05) is 0 Å². The van der Waals surface area contributed by atoms with Gasteiger partial charge in [0.25, 0.3) is 0 Å². The lowest BCUT2D eigenvalue weighted by molar-refractivity contribution is -0.120. The summed E-state index contributed by atoms with van der Waals surface area (Å²) in [6.07, 6.45) is 0. The first-order valence-corrected chi connectivity index (χ1v) is 6.24. The number of aliphatic imine (C=N–C) groups is 1. The number of amides is 2. The zero-order valence-electron chi connectivity index (χ0n) is 11.6. The lowest BCUT2D eigenvalue weighted by Gasteiger charge is -2.28. The molecule has 2 rings (SSSR count). The first-order valence-electron chi connectivity index (χ1n) is 6.24. The standard InChI is InChI=1S/C14H17N3O3/c1-6-4-5-9(20-6)12-10(13(15)18)7(2)17-8(3)11(12)14(16)19/h4-5,10,12H,1-3H3,(H2,15,18)(H2,16,19)/t10?,12-/m0/s1. The molecule has 0 bridgehead atoms. The second kappa shape index (κ2) is 4.96. The lowest BCUT2D eigenvalue weighted by Crippen LogP contribution is -2.39. The summed E-state index contributed by atoms with van der Waals surface area (Å²) in [6.45, 7) is 5.18. The highest BCUT2D eigenvalue weighted by Gasteiger charge is 2.40. The first-order chi connectivity index (χ1) is 9.32. The molecule has 0 aromatic carbocycles. The molecule has 0 saturated heterocycles. The molecule has 106 valence electrons. The van der Waals surface area contributed by atoms with Crippen molar-refractivity contribution in [3.8, 4) is 0 Å². The van der Waals surface area contributed by atoms with Crippen molar-refractivity contribution in [3.63, 3.8) is 0 Å². The Labute approximate surface area is 116 Å². The van der Waals surface area contributed by atoms with Crippen LogP contribution in [0, 0.1) is 12.8 Å². The molecule has 1 aromatic rings. The van der Waals surface area contributed by atoms with Crippen LogP contribution in [0.3, 0.4) is 0 Å². The van der Waals surface area contributed by atoms with E-state index in [1.54, 1.807) is 32.9 Å². The van der Waals surface area contributed by atoms with E-state index in [1.807, 2.05) is 0 Å². The SMILES string of the molecule is CC1=NC(C)=C(C(N)=O)[C@@H](c2ccc(C)o2)C1C(N)=O. The van der Waals surface area contributed by atoms with Crippen LogP contribution in [0.2, 0.25) is 0 Å². The van der Waals surface area contributed by atoms with E-state index >= 15 is 0 Å². The van der Waals surface area contributed by atoms with E-state index in [-0.39, 0.29) is 5.57 Å². The highest BCUT2D eigenvalue weighted by atomic mass is 16.3. The summed E-state index contributed by atoms with van der Waals surface area (Å²) >= 11 is 0. The fourth-order valence-electron chi connectivity index (χ4n) is 2.66. The van der Waals surface area contributed by atoms with Crippen LogP contribution in [-0.4, -0.2) is 17.5 Å². The van der Waals surface area contributed by atoms with E-state index in [0.717, 1.165) is 0 Å². The normalized spacial score (nSPS) is 22.6. The average molecular weight is 275 g/mol. The van der Waals surface area contributed by atoms with Gasteiger partial charge in [0.15, 0.2) is 0 Å². The van der Waals surface area contributed by atoms with E-state index < -0.39 is 23.7 Å². The molecule has 2 atom stereocenters. The third-order valence-corrected chi connectivity index (χ3v) is 3.47. The molecule has 6 heteroatoms. The highest BCUT2D eigenvalue weighted by molar-refractivity contribution is 6.08. The van der Waals surface area contributed by atoms with Gasteiger partial charge in [-0.05, 0) is 32.9 Å². The number of nitrogens with two attached hydrogens (primary N) is 2. The summed E-state index contributed by atoms with van der Waals surface area (Å²) in [5.41, 5.74) is 12.2. The summed E-state index contributed by atoms with van der Waals surface area (Å²) in [6, 6.07) is 3.49. The van der Waals surface area contributed by atoms with Crippen LogP contribution in [0.4, 0.5) is 0 Å². The Morgan fingerprint density at radius 2 is 1.85 bits per heavy atom. The molecule has 6 nitrogen and oxygen atoms in total. The Kier molecular flexibility index (Phi) is 3.48. The molecule has 20 heavy (non-hydrogen) atoms. The maximum absolute atomic E-state index is 11.8. The van der Waals surface area contributed by atoms with Gasteiger partial charge in [0, 0.05) is 17.0 Å². The lowest BCUT2D eigenvalue weighted by atomic mass is 9.77. The van der Waals surface area contributed by atoms with E-state index in [1.165, 1.54) is 0 Å². The Morgan fingerprint density at radius 1 is 1.20 bits per heavy atom. The van der Waals surface area contributed by atoms with Crippen molar-refractivity contribution in [1.82, 2.24) is 0 Å². The number of furan rings is 1. The van der Waals surface area contributed by atoms with Gasteiger partial charge in [-0.2, -0.15) is 0 Å². The Bertz CT molecular complexity index is 640. The molecule has 1 aliphatic heterocycles. The van der Waals surface area contributed by atoms with Crippen LogP contribution in [-0.2, 0) is 9.59 Å². The molecule has 4 N–H and O–H groups in total. The number of primary amides is 2. The largest absolute Gasteiger partial charge is 0.466 e. The Morgan fingerprint density at radius 3 is 2.30 bits per heavy atom. The molecular formula is C14H17N3O3. The quantitative estimate of drug-likeness (QED) is 0.858. The van der Waals surface area contributed by atoms with Crippen molar-refractivity contribution in [1.29, 1.82) is 0 Å². The van der Waals surface area contributed by atoms with Gasteiger partial charge in [-0.3, -0.25) is 14.6 Å². The van der Waals surface area contributed by atoms with Crippen LogP contribution in [0.15, 0.2) is 32.8 Å². The van der Waals surface area contributed by atoms with Crippen molar-refractivity contribution in [3.05, 3.63) is 34.9 Å². The molecule has 0 fully saturated rings. The number of aryl methyl sites for hydroxylation is 1. The summed E-state index contributed by atoms with van der Waals surface area (Å²) < 4.78 is 5.58. The summed E-state index contributed by atoms with van der Waals surface area (Å²) in [7, 11) is 0. The number of allylic oxidation sites excluding steroid dienone is 1. The van der Waals surface area contributed by atoms with E-state index in [9.17, 15) is 9.59 Å². The summed E-state index contributed by atoms with van der Waals surface area (Å²) in [5, 5.41) is 0. The van der Waals surface area contributed by atoms with Gasteiger partial charge in [-0.1, -0.05) is 0 Å². The zero-order valence-corrected chi connectivity index (χ0v) is 11.6. The third-order valence-electron chi connectivity index (χ3n) is 3.47. The topological polar surface area (TPSA) is 112 Å². The highest BCUT2D eigenvalue weighted by Crippen LogP contribution is 2.39. The fourth-order valence-corrected chi connectivity index (χ4v) is 2.66. The Balaban J connectivity index is 2.64. The average Bonchev–Trinajstić information content (AvgIpc) is 2.73. The summed E-state index contributed by atoms with van der Waals surface area (Å²) in [5.74, 6) is -1.35. The van der Waals surface area contributed by atoms with Gasteiger partial charge in [0.05, 0.1) is 11.8 Å². The summed E-state index contributed by atoms with van der Waals surface area (Å²) in [4.78, 5) is 27.7. The number of carbonyl (C=O) groups is 2. The van der Waals surface area contributed by atoms with Crippen LogP contribution in [0.5, 0.6) is 0 Å². The second-order valence-corrected chi connectivity index (χ2v) is 4.92. The minimum Gasteiger partial charge on any atom is -0.466 e. The molecule has 2 amide bonds. The van der Waals surface area contributed by atoms with Crippen LogP contribution in [0.25, 0.3) is 0 Å².